The summed E-state index contributed by atoms with van der Waals surface area (Å²) in [5, 5.41) is 16.1. The molecule has 3 unspecified atom stereocenters. The first kappa shape index (κ1) is 26.7. The minimum atomic E-state index is -0.908. The number of nitrogens with zero attached hydrogens (tertiary/aromatic N) is 4. The molecule has 1 aromatic heterocycles. The molecule has 1 saturated heterocycles. The molecule has 3 heterocycles. The van der Waals surface area contributed by atoms with Crippen molar-refractivity contribution in [2.45, 2.75) is 51.6 Å². The number of fused-ring (bicyclic) bond motifs is 1. The van der Waals surface area contributed by atoms with Crippen molar-refractivity contribution < 1.29 is 33.7 Å². The first-order chi connectivity index (χ1) is 18.0. The second-order valence-electron chi connectivity index (χ2n) is 9.31. The number of aromatic nitrogens is 2. The largest absolute Gasteiger partial charge is 0.493 e. The molecule has 37 heavy (non-hydrogen) atoms. The molecule has 4 rings (SSSR count). The highest BCUT2D eigenvalue weighted by Crippen LogP contribution is 2.47. The van der Waals surface area contributed by atoms with E-state index in [4.69, 9.17) is 19.0 Å². The van der Waals surface area contributed by atoms with Crippen LogP contribution in [-0.4, -0.2) is 82.9 Å². The summed E-state index contributed by atoms with van der Waals surface area (Å²) in [6, 6.07) is 5.09. The van der Waals surface area contributed by atoms with Gasteiger partial charge in [-0.1, -0.05) is 13.8 Å². The van der Waals surface area contributed by atoms with Gasteiger partial charge in [-0.3, -0.25) is 24.0 Å². The summed E-state index contributed by atoms with van der Waals surface area (Å²) in [5.74, 6) is -0.664. The number of hydrogen-bond donors (Lipinski definition) is 1. The molecule has 3 atom stereocenters. The smallest absolute Gasteiger partial charge is 0.308 e. The summed E-state index contributed by atoms with van der Waals surface area (Å²) >= 11 is 0. The van der Waals surface area contributed by atoms with Gasteiger partial charge in [-0.05, 0) is 43.0 Å². The number of aryl methyl sites for hydroxylation is 1. The number of rotatable bonds is 13. The third kappa shape index (κ3) is 5.99. The normalized spacial score (nSPS) is 20.8. The summed E-state index contributed by atoms with van der Waals surface area (Å²) in [7, 11) is 1.54. The second-order valence-corrected chi connectivity index (χ2v) is 9.31. The zero-order valence-electron chi connectivity index (χ0n) is 21.7. The zero-order valence-corrected chi connectivity index (χ0v) is 21.7. The van der Waals surface area contributed by atoms with Gasteiger partial charge < -0.3 is 19.3 Å². The lowest BCUT2D eigenvalue weighted by Crippen LogP contribution is -2.44. The maximum atomic E-state index is 13.3. The van der Waals surface area contributed by atoms with Gasteiger partial charge in [-0.25, -0.2) is 5.06 Å². The maximum absolute atomic E-state index is 13.3. The van der Waals surface area contributed by atoms with Crippen LogP contribution in [0.15, 0.2) is 30.6 Å². The molecule has 1 aromatic carbocycles. The Balaban J connectivity index is 1.63. The van der Waals surface area contributed by atoms with Gasteiger partial charge >= 0.3 is 5.97 Å². The molecule has 11 nitrogen and oxygen atoms in total. The number of amides is 1. The summed E-state index contributed by atoms with van der Waals surface area (Å²) in [5.41, 5.74) is 0.778. The standard InChI is InChI=1S/C26H36N4O7/c1-4-9-30(37-12-5-2)23(31)16-28-15-19(18-13-21(34-3)25-22(14-18)35-17-36-25)24(26(32)33)20(28)7-11-29-10-6-8-27-29/h6,8,10,13-14,19-20,24H,4-5,7,9,11-12,15-17H2,1-3H3,(H,32,33). The van der Waals surface area contributed by atoms with Crippen LogP contribution in [0.4, 0.5) is 0 Å². The Morgan fingerprint density at radius 3 is 2.76 bits per heavy atom. The van der Waals surface area contributed by atoms with E-state index in [0.717, 1.165) is 18.4 Å². The number of carbonyl (C=O) groups is 2. The van der Waals surface area contributed by atoms with Crippen molar-refractivity contribution in [2.24, 2.45) is 5.92 Å². The van der Waals surface area contributed by atoms with Crippen LogP contribution < -0.4 is 14.2 Å². The van der Waals surface area contributed by atoms with E-state index < -0.39 is 11.9 Å². The predicted molar refractivity (Wildman–Crippen MR) is 133 cm³/mol. The van der Waals surface area contributed by atoms with Crippen molar-refractivity contribution in [3.05, 3.63) is 36.2 Å². The van der Waals surface area contributed by atoms with Gasteiger partial charge in [0.25, 0.3) is 5.91 Å². The molecule has 202 valence electrons. The lowest BCUT2D eigenvalue weighted by molar-refractivity contribution is -0.188. The van der Waals surface area contributed by atoms with Crippen LogP contribution in [0.5, 0.6) is 17.2 Å². The van der Waals surface area contributed by atoms with Crippen molar-refractivity contribution in [3.8, 4) is 17.2 Å². The third-order valence-corrected chi connectivity index (χ3v) is 6.85. The first-order valence-electron chi connectivity index (χ1n) is 12.8. The van der Waals surface area contributed by atoms with Gasteiger partial charge in [-0.15, -0.1) is 0 Å². The molecule has 2 aliphatic rings. The summed E-state index contributed by atoms with van der Waals surface area (Å²) in [4.78, 5) is 33.7. The first-order valence-corrected chi connectivity index (χ1v) is 12.8. The van der Waals surface area contributed by atoms with Crippen molar-refractivity contribution >= 4 is 11.9 Å². The predicted octanol–water partition coefficient (Wildman–Crippen LogP) is 2.76. The van der Waals surface area contributed by atoms with Crippen LogP contribution >= 0.6 is 0 Å². The summed E-state index contributed by atoms with van der Waals surface area (Å²) in [6.07, 6.45) is 5.62. The number of hydrogen-bond acceptors (Lipinski definition) is 8. The van der Waals surface area contributed by atoms with E-state index >= 15 is 0 Å². The number of benzene rings is 1. The molecular weight excluding hydrogens is 480 g/mol. The number of hydroxylamine groups is 2. The minimum Gasteiger partial charge on any atom is -0.493 e. The van der Waals surface area contributed by atoms with E-state index in [0.29, 0.717) is 49.9 Å². The molecule has 0 saturated carbocycles. The van der Waals surface area contributed by atoms with Crippen LogP contribution in [0.2, 0.25) is 0 Å². The Kier molecular flexibility index (Phi) is 8.88. The molecular formula is C26H36N4O7. The molecule has 0 aliphatic carbocycles. The average Bonchev–Trinajstić information content (AvgIpc) is 3.64. The number of methoxy groups -OCH3 is 1. The Hall–Kier alpha value is -3.31. The Labute approximate surface area is 216 Å². The Bertz CT molecular complexity index is 1060. The fourth-order valence-corrected chi connectivity index (χ4v) is 5.17. The second kappa shape index (κ2) is 12.3. The molecule has 0 spiro atoms. The number of carboxylic acids is 1. The number of ether oxygens (including phenoxy) is 3. The monoisotopic (exact) mass is 516 g/mol. The Morgan fingerprint density at radius 2 is 2.08 bits per heavy atom. The number of likely N-dealkylation sites (tertiary alicyclic amines) is 1. The number of carboxylic acid groups (broad SMARTS) is 1. The van der Waals surface area contributed by atoms with Crippen LogP contribution in [-0.2, 0) is 21.0 Å². The van der Waals surface area contributed by atoms with Gasteiger partial charge in [0.2, 0.25) is 12.5 Å². The molecule has 0 radical (unpaired) electrons. The van der Waals surface area contributed by atoms with Gasteiger partial charge in [0.05, 0.1) is 26.2 Å². The zero-order chi connectivity index (χ0) is 26.4. The van der Waals surface area contributed by atoms with Gasteiger partial charge in [-0.2, -0.15) is 5.10 Å². The molecule has 1 amide bonds. The van der Waals surface area contributed by atoms with Crippen LogP contribution in [0, 0.1) is 5.92 Å². The molecule has 11 heteroatoms. The van der Waals surface area contributed by atoms with Crippen molar-refractivity contribution in [3.63, 3.8) is 0 Å². The minimum absolute atomic E-state index is 0.0649. The lowest BCUT2D eigenvalue weighted by atomic mass is 9.84. The third-order valence-electron chi connectivity index (χ3n) is 6.85. The highest BCUT2D eigenvalue weighted by Gasteiger charge is 2.47. The van der Waals surface area contributed by atoms with Crippen LogP contribution in [0.3, 0.4) is 0 Å². The van der Waals surface area contributed by atoms with Gasteiger partial charge in [0, 0.05) is 44.0 Å². The average molecular weight is 517 g/mol. The van der Waals surface area contributed by atoms with Crippen molar-refractivity contribution in [2.75, 3.05) is 40.1 Å². The Morgan fingerprint density at radius 1 is 1.24 bits per heavy atom. The summed E-state index contributed by atoms with van der Waals surface area (Å²) < 4.78 is 18.4. The number of carbonyl (C=O) groups excluding carboxylic acids is 1. The van der Waals surface area contributed by atoms with Crippen LogP contribution in [0.1, 0.15) is 44.6 Å². The highest BCUT2D eigenvalue weighted by atomic mass is 16.7. The van der Waals surface area contributed by atoms with Gasteiger partial charge in [0.15, 0.2) is 11.5 Å². The molecule has 0 bridgehead atoms. The quantitative estimate of drug-likeness (QED) is 0.401. The van der Waals surface area contributed by atoms with E-state index in [1.807, 2.05) is 43.1 Å². The highest BCUT2D eigenvalue weighted by molar-refractivity contribution is 5.78. The van der Waals surface area contributed by atoms with E-state index in [9.17, 15) is 14.7 Å². The van der Waals surface area contributed by atoms with E-state index in [1.165, 1.54) is 5.06 Å². The van der Waals surface area contributed by atoms with Gasteiger partial charge in [0.1, 0.15) is 0 Å². The molecule has 2 aromatic rings. The number of aliphatic carboxylic acids is 1. The fourth-order valence-electron chi connectivity index (χ4n) is 5.17. The fraction of sp³-hybridized carbons (Fsp3) is 0.577. The van der Waals surface area contributed by atoms with E-state index in [2.05, 4.69) is 5.10 Å². The van der Waals surface area contributed by atoms with E-state index in [1.54, 1.807) is 18.0 Å². The van der Waals surface area contributed by atoms with Crippen molar-refractivity contribution in [1.82, 2.24) is 19.7 Å². The summed E-state index contributed by atoms with van der Waals surface area (Å²) in [6.45, 7) is 5.98. The SMILES string of the molecule is CCCON(CCC)C(=O)CN1CC(c2cc(OC)c3c(c2)OCO3)C(C(=O)O)C1CCn1cccn1. The molecule has 1 N–H and O–H groups in total. The van der Waals surface area contributed by atoms with Crippen LogP contribution in [0.25, 0.3) is 0 Å². The van der Waals surface area contributed by atoms with E-state index in [-0.39, 0.29) is 31.2 Å². The van der Waals surface area contributed by atoms with Crippen molar-refractivity contribution in [1.29, 1.82) is 0 Å². The molecule has 1 fully saturated rings. The topological polar surface area (TPSA) is 116 Å². The lowest BCUT2D eigenvalue weighted by Gasteiger charge is -2.29. The maximum Gasteiger partial charge on any atom is 0.308 e. The molecule has 2 aliphatic heterocycles.